The molecule has 6 fully saturated rings. The Balaban J connectivity index is 1.00. The number of ether oxygens (including phenoxy) is 1. The summed E-state index contributed by atoms with van der Waals surface area (Å²) in [4.78, 5) is 19.3. The van der Waals surface area contributed by atoms with Gasteiger partial charge in [0.2, 0.25) is 0 Å². The van der Waals surface area contributed by atoms with Crippen LogP contribution in [0.25, 0.3) is 0 Å². The average molecular weight is 672 g/mol. The maximum atomic E-state index is 13.0. The number of rotatable bonds is 7. The summed E-state index contributed by atoms with van der Waals surface area (Å²) in [6.07, 6.45) is 11.3. The molecule has 6 aliphatic rings. The lowest BCUT2D eigenvalue weighted by molar-refractivity contribution is -0.138. The zero-order chi connectivity index (χ0) is 33.3. The Bertz CT molecular complexity index is 1420. The summed E-state index contributed by atoms with van der Waals surface area (Å²) < 4.78 is 33.6. The molecule has 7 rings (SSSR count). The third kappa shape index (κ3) is 5.51. The van der Waals surface area contributed by atoms with Gasteiger partial charge >= 0.3 is 6.09 Å². The molecule has 0 radical (unpaired) electrons. The van der Waals surface area contributed by atoms with E-state index in [-0.39, 0.29) is 52.3 Å². The molecule has 1 saturated heterocycles. The molecule has 1 aromatic rings. The van der Waals surface area contributed by atoms with Crippen LogP contribution in [0, 0.1) is 64.1 Å². The van der Waals surface area contributed by atoms with E-state index in [0.29, 0.717) is 35.5 Å². The van der Waals surface area contributed by atoms with E-state index in [1.165, 1.54) is 18.7 Å². The molecular formula is C37H57N3O6S. The Morgan fingerprint density at radius 1 is 1.09 bits per heavy atom. The Kier molecular flexibility index (Phi) is 8.90. The first-order valence-corrected chi connectivity index (χ1v) is 20.2. The maximum Gasteiger partial charge on any atom is 0.421 e. The number of amides is 1. The van der Waals surface area contributed by atoms with Crippen molar-refractivity contribution in [3.63, 3.8) is 0 Å². The number of aliphatic hydroxyl groups is 2. The second-order valence-corrected chi connectivity index (χ2v) is 18.4. The number of aliphatic hydroxyl groups excluding tert-OH is 2. The van der Waals surface area contributed by atoms with Gasteiger partial charge in [-0.15, -0.1) is 0 Å². The van der Waals surface area contributed by atoms with Crippen LogP contribution < -0.4 is 9.62 Å². The van der Waals surface area contributed by atoms with Crippen molar-refractivity contribution < 1.29 is 28.2 Å². The Morgan fingerprint density at radius 3 is 2.55 bits per heavy atom. The zero-order valence-electron chi connectivity index (χ0n) is 28.8. The molecule has 0 aromatic carbocycles. The quantitative estimate of drug-likeness (QED) is 0.322. The minimum Gasteiger partial charge on any atom is -0.449 e. The van der Waals surface area contributed by atoms with Crippen LogP contribution in [0.5, 0.6) is 0 Å². The maximum absolute atomic E-state index is 13.0. The lowest BCUT2D eigenvalue weighted by atomic mass is 9.49. The number of pyridine rings is 1. The predicted octanol–water partition coefficient (Wildman–Crippen LogP) is 6.00. The van der Waals surface area contributed by atoms with Crippen molar-refractivity contribution in [3.8, 4) is 0 Å². The highest BCUT2D eigenvalue weighted by molar-refractivity contribution is 7.90. The minimum atomic E-state index is -4.10. The summed E-state index contributed by atoms with van der Waals surface area (Å²) in [7, 11) is -4.10. The summed E-state index contributed by atoms with van der Waals surface area (Å²) >= 11 is 0. The number of carbonyl (C=O) groups is 1. The van der Waals surface area contributed by atoms with Gasteiger partial charge in [0, 0.05) is 19.3 Å². The van der Waals surface area contributed by atoms with E-state index < -0.39 is 16.1 Å². The molecule has 5 saturated carbocycles. The molecule has 0 bridgehead atoms. The predicted molar refractivity (Wildman–Crippen MR) is 180 cm³/mol. The molecule has 10 heteroatoms. The molecular weight excluding hydrogens is 614 g/mol. The summed E-state index contributed by atoms with van der Waals surface area (Å²) in [5, 5.41) is 23.0. The zero-order valence-corrected chi connectivity index (χ0v) is 29.6. The SMILES string of the molecule is CC[C@@H]1C2C[C@H](O)CCC(C)C3C2[C@]32CCC3(C)C([C@H](C)COC(=O)NS(=O)(=O)c4ccc(N5CCCCC5)nc4)CC[C@H]3[C@@H]2[C@@H]1O. The molecule has 1 aromatic heterocycles. The summed E-state index contributed by atoms with van der Waals surface area (Å²) in [5.41, 5.74) is 0.239. The molecule has 5 aliphatic carbocycles. The number of aromatic nitrogens is 1. The third-order valence-corrected chi connectivity index (χ3v) is 15.9. The first kappa shape index (κ1) is 33.6. The van der Waals surface area contributed by atoms with Gasteiger partial charge in [-0.2, -0.15) is 0 Å². The van der Waals surface area contributed by atoms with Crippen LogP contribution >= 0.6 is 0 Å². The summed E-state index contributed by atoms with van der Waals surface area (Å²) in [6.45, 7) is 11.1. The fraction of sp³-hybridized carbons (Fsp3) is 0.838. The van der Waals surface area contributed by atoms with Crippen molar-refractivity contribution in [1.29, 1.82) is 0 Å². The lowest BCUT2D eigenvalue weighted by Crippen LogP contribution is -2.55. The van der Waals surface area contributed by atoms with Crippen molar-refractivity contribution in [2.24, 2.45) is 64.1 Å². The van der Waals surface area contributed by atoms with Crippen LogP contribution in [0.2, 0.25) is 0 Å². The molecule has 9 nitrogen and oxygen atoms in total. The van der Waals surface area contributed by atoms with E-state index in [9.17, 15) is 23.4 Å². The number of anilines is 1. The Morgan fingerprint density at radius 2 is 1.85 bits per heavy atom. The van der Waals surface area contributed by atoms with Gasteiger partial charge in [-0.3, -0.25) is 0 Å². The Hall–Kier alpha value is -1.91. The van der Waals surface area contributed by atoms with Gasteiger partial charge in [-0.05, 0) is 140 Å². The second-order valence-electron chi connectivity index (χ2n) is 16.7. The van der Waals surface area contributed by atoms with E-state index in [2.05, 4.69) is 42.3 Å². The number of hydrogen-bond acceptors (Lipinski definition) is 8. The number of nitrogens with zero attached hydrogens (tertiary/aromatic N) is 2. The molecule has 262 valence electrons. The van der Waals surface area contributed by atoms with Crippen LogP contribution in [0.4, 0.5) is 10.6 Å². The standard InChI is InChI=1S/C37H57N3O6S/c1-5-26-27-19-24(41)10-9-22(2)31-32(27)37(31)16-15-36(4)28(12-13-29(36)33(37)34(26)42)23(3)21-46-35(43)39-47(44,45)25-11-14-30(38-20-25)40-17-7-6-8-18-40/h11,14,20,22-24,26-29,31-34,41-42H,5-10,12-13,15-19,21H2,1-4H3,(H,39,43)/t22?,23-,24-,26-,27?,28?,29+,31?,32?,33-,34-,36?,37+/m1/s1. The van der Waals surface area contributed by atoms with E-state index in [1.54, 1.807) is 6.07 Å². The van der Waals surface area contributed by atoms with Gasteiger partial charge in [-0.25, -0.2) is 22.9 Å². The van der Waals surface area contributed by atoms with Gasteiger partial charge in [0.25, 0.3) is 10.0 Å². The molecule has 47 heavy (non-hydrogen) atoms. The van der Waals surface area contributed by atoms with Crippen LogP contribution in [0.3, 0.4) is 0 Å². The molecule has 1 spiro atoms. The second kappa shape index (κ2) is 12.4. The van der Waals surface area contributed by atoms with E-state index in [0.717, 1.165) is 83.1 Å². The normalized spacial score (nSPS) is 43.4. The number of fused-ring (bicyclic) bond motifs is 2. The number of hydrogen-bond donors (Lipinski definition) is 3. The van der Waals surface area contributed by atoms with Crippen LogP contribution in [0.15, 0.2) is 23.2 Å². The topological polar surface area (TPSA) is 129 Å². The molecule has 1 aliphatic heterocycles. The fourth-order valence-corrected chi connectivity index (χ4v) is 13.5. The van der Waals surface area contributed by atoms with Gasteiger partial charge in [0.05, 0.1) is 18.8 Å². The van der Waals surface area contributed by atoms with Gasteiger partial charge in [0.1, 0.15) is 10.7 Å². The Labute approximate surface area is 281 Å². The van der Waals surface area contributed by atoms with E-state index in [1.807, 2.05) is 0 Å². The summed E-state index contributed by atoms with van der Waals surface area (Å²) in [5.74, 6) is 4.38. The smallest absolute Gasteiger partial charge is 0.421 e. The van der Waals surface area contributed by atoms with Crippen molar-refractivity contribution in [3.05, 3.63) is 18.3 Å². The van der Waals surface area contributed by atoms with Crippen molar-refractivity contribution in [2.75, 3.05) is 24.6 Å². The molecule has 6 unspecified atom stereocenters. The molecule has 3 N–H and O–H groups in total. The monoisotopic (exact) mass is 671 g/mol. The van der Waals surface area contributed by atoms with Crippen LogP contribution in [-0.2, 0) is 14.8 Å². The van der Waals surface area contributed by atoms with Crippen molar-refractivity contribution in [2.45, 2.75) is 115 Å². The highest BCUT2D eigenvalue weighted by atomic mass is 32.2. The van der Waals surface area contributed by atoms with Crippen LogP contribution in [0.1, 0.15) is 98.3 Å². The minimum absolute atomic E-state index is 0.0374. The van der Waals surface area contributed by atoms with Gasteiger partial charge in [0.15, 0.2) is 0 Å². The van der Waals surface area contributed by atoms with Crippen LogP contribution in [-0.4, -0.2) is 61.6 Å². The van der Waals surface area contributed by atoms with E-state index in [4.69, 9.17) is 4.74 Å². The fourth-order valence-electron chi connectivity index (χ4n) is 12.7. The van der Waals surface area contributed by atoms with Gasteiger partial charge < -0.3 is 19.8 Å². The van der Waals surface area contributed by atoms with Gasteiger partial charge in [-0.1, -0.05) is 34.1 Å². The summed E-state index contributed by atoms with van der Waals surface area (Å²) in [6, 6.07) is 3.20. The molecule has 13 atom stereocenters. The first-order chi connectivity index (χ1) is 22.4. The number of carbonyl (C=O) groups excluding carboxylic acids is 1. The lowest BCUT2D eigenvalue weighted by Gasteiger charge is -2.56. The third-order valence-electron chi connectivity index (χ3n) is 14.6. The highest BCUT2D eigenvalue weighted by Crippen LogP contribution is 2.83. The molecule has 1 amide bonds. The first-order valence-electron chi connectivity index (χ1n) is 18.7. The van der Waals surface area contributed by atoms with Crippen molar-refractivity contribution in [1.82, 2.24) is 9.71 Å². The molecule has 2 heterocycles. The number of sulfonamides is 1. The number of piperidine rings is 1. The number of nitrogens with one attached hydrogen (secondary N) is 1. The van der Waals surface area contributed by atoms with Crippen molar-refractivity contribution >= 4 is 21.9 Å². The van der Waals surface area contributed by atoms with E-state index >= 15 is 0 Å². The highest BCUT2D eigenvalue weighted by Gasteiger charge is 2.79. The average Bonchev–Trinajstić information content (AvgIpc) is 3.59. The largest absolute Gasteiger partial charge is 0.449 e.